The van der Waals surface area contributed by atoms with Crippen LogP contribution in [0.3, 0.4) is 0 Å². The lowest BCUT2D eigenvalue weighted by Gasteiger charge is -2.19. The van der Waals surface area contributed by atoms with Crippen molar-refractivity contribution in [1.82, 2.24) is 10.4 Å². The first kappa shape index (κ1) is 14.0. The van der Waals surface area contributed by atoms with E-state index < -0.39 is 0 Å². The number of nitrogens with two attached hydrogens (primary N) is 1. The van der Waals surface area contributed by atoms with Crippen LogP contribution in [0.2, 0.25) is 0 Å². The second kappa shape index (κ2) is 6.24. The molecule has 3 N–H and O–H groups in total. The minimum Gasteiger partial charge on any atom is -0.490 e. The zero-order chi connectivity index (χ0) is 14.7. The van der Waals surface area contributed by atoms with E-state index in [1.807, 2.05) is 24.4 Å². The maximum Gasteiger partial charge on any atom is 0.120 e. The van der Waals surface area contributed by atoms with Crippen molar-refractivity contribution < 1.29 is 4.74 Å². The lowest BCUT2D eigenvalue weighted by molar-refractivity contribution is 0.302. The van der Waals surface area contributed by atoms with Crippen LogP contribution in [0.4, 0.5) is 0 Å². The van der Waals surface area contributed by atoms with Gasteiger partial charge in [-0.2, -0.15) is 0 Å². The van der Waals surface area contributed by atoms with E-state index in [9.17, 15) is 0 Å². The summed E-state index contributed by atoms with van der Waals surface area (Å²) in [5.74, 6) is 6.70. The Balaban J connectivity index is 1.91. The number of aryl methyl sites for hydroxylation is 1. The molecule has 2 aromatic rings. The maximum absolute atomic E-state index is 5.86. The smallest absolute Gasteiger partial charge is 0.120 e. The summed E-state index contributed by atoms with van der Waals surface area (Å²) in [6, 6.07) is 12.0. The van der Waals surface area contributed by atoms with Gasteiger partial charge in [-0.3, -0.25) is 10.8 Å². The zero-order valence-corrected chi connectivity index (χ0v) is 12.3. The normalized spacial score (nSPS) is 15.7. The summed E-state index contributed by atoms with van der Waals surface area (Å²) in [7, 11) is 0. The van der Waals surface area contributed by atoms with Gasteiger partial charge in [-0.1, -0.05) is 25.1 Å². The van der Waals surface area contributed by atoms with E-state index in [2.05, 4.69) is 35.5 Å². The number of nitrogens with one attached hydrogen (secondary N) is 1. The first-order valence-electron chi connectivity index (χ1n) is 7.48. The molecule has 0 spiro atoms. The third-order valence-electron chi connectivity index (χ3n) is 3.77. The highest BCUT2D eigenvalue weighted by Gasteiger charge is 2.24. The predicted octanol–water partition coefficient (Wildman–Crippen LogP) is 2.74. The summed E-state index contributed by atoms with van der Waals surface area (Å²) in [6.07, 6.45) is 5.44. The Morgan fingerprint density at radius 3 is 2.90 bits per heavy atom. The van der Waals surface area contributed by atoms with Gasteiger partial charge in [0.1, 0.15) is 5.75 Å². The minimum absolute atomic E-state index is 0.121. The lowest BCUT2D eigenvalue weighted by atomic mass is 9.98. The molecule has 1 heterocycles. The number of hydrazine groups is 1. The van der Waals surface area contributed by atoms with E-state index in [1.54, 1.807) is 0 Å². The molecular weight excluding hydrogens is 262 g/mol. The molecule has 0 radical (unpaired) electrons. The molecule has 1 atom stereocenters. The van der Waals surface area contributed by atoms with Crippen LogP contribution < -0.4 is 16.0 Å². The second-order valence-electron chi connectivity index (χ2n) is 5.39. The van der Waals surface area contributed by atoms with Crippen LogP contribution in [-0.2, 0) is 6.42 Å². The van der Waals surface area contributed by atoms with Crippen molar-refractivity contribution in [2.24, 2.45) is 5.84 Å². The fourth-order valence-electron chi connectivity index (χ4n) is 2.49. The van der Waals surface area contributed by atoms with Gasteiger partial charge >= 0.3 is 0 Å². The van der Waals surface area contributed by atoms with Crippen LogP contribution in [0.5, 0.6) is 5.75 Å². The molecule has 1 aromatic carbocycles. The first-order chi connectivity index (χ1) is 10.3. The number of hydrogen-bond donors (Lipinski definition) is 2. The van der Waals surface area contributed by atoms with Gasteiger partial charge in [0.05, 0.1) is 17.8 Å². The standard InChI is InChI=1S/C17H21N3O/c1-2-12-6-4-10-19-16(12)17(20-18)13-5-3-7-15(11-13)21-14-8-9-14/h3-7,10-11,14,17,20H,2,8-9,18H2,1H3. The van der Waals surface area contributed by atoms with Crippen molar-refractivity contribution in [2.45, 2.75) is 38.3 Å². The second-order valence-corrected chi connectivity index (χ2v) is 5.39. The largest absolute Gasteiger partial charge is 0.490 e. The summed E-state index contributed by atoms with van der Waals surface area (Å²) < 4.78 is 5.86. The number of pyridine rings is 1. The SMILES string of the molecule is CCc1cccnc1C(NN)c1cccc(OC2CC2)c1. The van der Waals surface area contributed by atoms with Gasteiger partial charge in [-0.15, -0.1) is 0 Å². The van der Waals surface area contributed by atoms with E-state index in [0.29, 0.717) is 6.10 Å². The van der Waals surface area contributed by atoms with Crippen molar-refractivity contribution in [1.29, 1.82) is 0 Å². The van der Waals surface area contributed by atoms with Gasteiger partial charge in [-0.25, -0.2) is 5.43 Å². The topological polar surface area (TPSA) is 60.2 Å². The van der Waals surface area contributed by atoms with Crippen molar-refractivity contribution >= 4 is 0 Å². The molecule has 110 valence electrons. The molecule has 1 aliphatic rings. The third kappa shape index (κ3) is 3.23. The van der Waals surface area contributed by atoms with Gasteiger partial charge in [0.2, 0.25) is 0 Å². The van der Waals surface area contributed by atoms with Gasteiger partial charge in [0.15, 0.2) is 0 Å². The molecule has 4 nitrogen and oxygen atoms in total. The van der Waals surface area contributed by atoms with Gasteiger partial charge < -0.3 is 4.74 Å². The Bertz CT molecular complexity index is 610. The van der Waals surface area contributed by atoms with Crippen LogP contribution in [0.25, 0.3) is 0 Å². The molecular formula is C17H21N3O. The molecule has 0 aliphatic heterocycles. The highest BCUT2D eigenvalue weighted by Crippen LogP contribution is 2.30. The monoisotopic (exact) mass is 283 g/mol. The van der Waals surface area contributed by atoms with Crippen LogP contribution in [-0.4, -0.2) is 11.1 Å². The van der Waals surface area contributed by atoms with Crippen LogP contribution >= 0.6 is 0 Å². The summed E-state index contributed by atoms with van der Waals surface area (Å²) in [5, 5.41) is 0. The molecule has 1 unspecified atom stereocenters. The molecule has 0 bridgehead atoms. The Kier molecular flexibility index (Phi) is 4.18. The third-order valence-corrected chi connectivity index (χ3v) is 3.77. The molecule has 1 fully saturated rings. The summed E-state index contributed by atoms with van der Waals surface area (Å²) in [6.45, 7) is 2.13. The fraction of sp³-hybridized carbons (Fsp3) is 0.353. The molecule has 0 amide bonds. The first-order valence-corrected chi connectivity index (χ1v) is 7.48. The van der Waals surface area contributed by atoms with Crippen molar-refractivity contribution in [3.05, 3.63) is 59.4 Å². The highest BCUT2D eigenvalue weighted by molar-refractivity contribution is 5.37. The minimum atomic E-state index is -0.121. The number of hydrogen-bond acceptors (Lipinski definition) is 4. The average Bonchev–Trinajstić information content (AvgIpc) is 3.33. The number of aromatic nitrogens is 1. The van der Waals surface area contributed by atoms with E-state index in [0.717, 1.165) is 36.3 Å². The summed E-state index contributed by atoms with van der Waals surface area (Å²) in [4.78, 5) is 4.52. The quantitative estimate of drug-likeness (QED) is 0.632. The number of rotatable bonds is 6. The Hall–Kier alpha value is -1.91. The number of benzene rings is 1. The van der Waals surface area contributed by atoms with Crippen LogP contribution in [0.15, 0.2) is 42.6 Å². The molecule has 21 heavy (non-hydrogen) atoms. The zero-order valence-electron chi connectivity index (χ0n) is 12.3. The van der Waals surface area contributed by atoms with E-state index >= 15 is 0 Å². The molecule has 1 saturated carbocycles. The Labute approximate surface area is 125 Å². The molecule has 0 saturated heterocycles. The van der Waals surface area contributed by atoms with Crippen molar-refractivity contribution in [2.75, 3.05) is 0 Å². The van der Waals surface area contributed by atoms with E-state index in [1.165, 1.54) is 5.56 Å². The highest BCUT2D eigenvalue weighted by atomic mass is 16.5. The van der Waals surface area contributed by atoms with E-state index in [4.69, 9.17) is 10.6 Å². The van der Waals surface area contributed by atoms with Gasteiger partial charge in [0.25, 0.3) is 0 Å². The molecule has 4 heteroatoms. The number of ether oxygens (including phenoxy) is 1. The average molecular weight is 283 g/mol. The van der Waals surface area contributed by atoms with Crippen LogP contribution in [0.1, 0.15) is 42.6 Å². The van der Waals surface area contributed by atoms with Crippen molar-refractivity contribution in [3.63, 3.8) is 0 Å². The van der Waals surface area contributed by atoms with Gasteiger partial charge in [0, 0.05) is 6.20 Å². The maximum atomic E-state index is 5.86. The molecule has 1 aromatic heterocycles. The summed E-state index contributed by atoms with van der Waals surface area (Å²) in [5.41, 5.74) is 6.14. The lowest BCUT2D eigenvalue weighted by Crippen LogP contribution is -2.30. The molecule has 1 aliphatic carbocycles. The number of nitrogens with zero attached hydrogens (tertiary/aromatic N) is 1. The predicted molar refractivity (Wildman–Crippen MR) is 82.9 cm³/mol. The fourth-order valence-corrected chi connectivity index (χ4v) is 2.49. The summed E-state index contributed by atoms with van der Waals surface area (Å²) >= 11 is 0. The Morgan fingerprint density at radius 1 is 1.33 bits per heavy atom. The van der Waals surface area contributed by atoms with E-state index in [-0.39, 0.29) is 6.04 Å². The van der Waals surface area contributed by atoms with Gasteiger partial charge in [-0.05, 0) is 48.6 Å². The Morgan fingerprint density at radius 2 is 2.19 bits per heavy atom. The van der Waals surface area contributed by atoms with Crippen LogP contribution in [0, 0.1) is 0 Å². The molecule has 3 rings (SSSR count). The van der Waals surface area contributed by atoms with Crippen molar-refractivity contribution in [3.8, 4) is 5.75 Å².